The van der Waals surface area contributed by atoms with Gasteiger partial charge in [0.1, 0.15) is 17.2 Å². The summed E-state index contributed by atoms with van der Waals surface area (Å²) >= 11 is 0. The van der Waals surface area contributed by atoms with Gasteiger partial charge in [-0.25, -0.2) is 49.8 Å². The lowest BCUT2D eigenvalue weighted by Gasteiger charge is -2.15. The summed E-state index contributed by atoms with van der Waals surface area (Å²) in [5, 5.41) is 21.8. The molecule has 0 bridgehead atoms. The molecule has 6 aromatic heterocycles. The highest BCUT2D eigenvalue weighted by atomic mass is 15.1. The molecule has 124 heavy (non-hydrogen) atoms. The van der Waals surface area contributed by atoms with Crippen molar-refractivity contribution in [2.45, 2.75) is 0 Å². The van der Waals surface area contributed by atoms with E-state index in [9.17, 15) is 0 Å². The zero-order chi connectivity index (χ0) is 81.5. The van der Waals surface area contributed by atoms with Crippen LogP contribution in [0.2, 0.25) is 0 Å². The monoisotopic (exact) mass is 1580 g/mol. The van der Waals surface area contributed by atoms with Crippen LogP contribution in [-0.2, 0) is 0 Å². The molecule has 0 saturated heterocycles. The van der Waals surface area contributed by atoms with E-state index in [0.717, 1.165) is 180 Å². The van der Waals surface area contributed by atoms with Crippen molar-refractivity contribution in [1.29, 1.82) is 0 Å². The molecule has 0 atom stereocenters. The second-order valence-electron chi connectivity index (χ2n) is 31.7. The third kappa shape index (κ3) is 11.6. The van der Waals surface area contributed by atoms with E-state index in [2.05, 4.69) is 361 Å². The molecule has 0 fully saturated rings. The minimum absolute atomic E-state index is 0.408. The smallest absolute Gasteiger partial charge is 0.182 e. The summed E-state index contributed by atoms with van der Waals surface area (Å²) in [5.74, 6) is 4.62. The van der Waals surface area contributed by atoms with Crippen LogP contribution in [0.3, 0.4) is 0 Å². The molecule has 25 rings (SSSR count). The normalized spacial score (nSPS) is 11.9. The molecule has 0 saturated carbocycles. The molecule has 0 aliphatic heterocycles. The number of fused-ring (bicyclic) bond motifs is 18. The summed E-state index contributed by atoms with van der Waals surface area (Å²) in [6, 6.07) is 141. The summed E-state index contributed by atoms with van der Waals surface area (Å²) in [7, 11) is 0. The Morgan fingerprint density at radius 3 is 0.919 bits per heavy atom. The summed E-state index contributed by atoms with van der Waals surface area (Å²) in [6.45, 7) is 0. The quantitative estimate of drug-likeness (QED) is 0.109. The van der Waals surface area contributed by atoms with Crippen molar-refractivity contribution in [1.82, 2.24) is 59.0 Å². The summed E-state index contributed by atoms with van der Waals surface area (Å²) in [6.07, 6.45) is 0. The highest BCUT2D eigenvalue weighted by molar-refractivity contribution is 6.19. The molecular weight excluding hydrogens is 1510 g/mol. The van der Waals surface area contributed by atoms with E-state index < -0.39 is 0 Å². The van der Waals surface area contributed by atoms with Crippen LogP contribution < -0.4 is 0 Å². The van der Waals surface area contributed by atoms with E-state index in [1.54, 1.807) is 0 Å². The molecule has 0 N–H and O–H groups in total. The molecule has 574 valence electrons. The van der Waals surface area contributed by atoms with Gasteiger partial charge in [-0.2, -0.15) is 0 Å². The van der Waals surface area contributed by atoms with Crippen molar-refractivity contribution in [2.75, 3.05) is 0 Å². The van der Waals surface area contributed by atoms with Crippen LogP contribution in [0.1, 0.15) is 0 Å². The van der Waals surface area contributed by atoms with Crippen molar-refractivity contribution in [2.24, 2.45) is 0 Å². The Kier molecular flexibility index (Phi) is 16.0. The topological polar surface area (TPSA) is 139 Å². The Morgan fingerprint density at radius 1 is 0.145 bits per heavy atom. The molecule has 0 aliphatic rings. The number of para-hydroxylation sites is 3. The van der Waals surface area contributed by atoms with E-state index in [1.165, 1.54) is 10.8 Å². The molecule has 0 radical (unpaired) electrons. The van der Waals surface area contributed by atoms with Gasteiger partial charge in [-0.05, 0) is 176 Å². The fraction of sp³-hybridized carbons (Fsp3) is 0. The highest BCUT2D eigenvalue weighted by Crippen LogP contribution is 2.45. The zero-order valence-corrected chi connectivity index (χ0v) is 66.5. The Morgan fingerprint density at radius 2 is 0.460 bits per heavy atom. The van der Waals surface area contributed by atoms with Gasteiger partial charge in [-0.1, -0.05) is 315 Å². The van der Waals surface area contributed by atoms with Gasteiger partial charge < -0.3 is 4.57 Å². The molecule has 6 heterocycles. The second kappa shape index (κ2) is 28.4. The van der Waals surface area contributed by atoms with E-state index in [4.69, 9.17) is 49.8 Å². The Balaban J connectivity index is 0.651. The van der Waals surface area contributed by atoms with Gasteiger partial charge in [0.15, 0.2) is 46.6 Å². The van der Waals surface area contributed by atoms with Gasteiger partial charge >= 0.3 is 0 Å². The Hall–Kier alpha value is -17.0. The third-order valence-electron chi connectivity index (χ3n) is 24.6. The second-order valence-corrected chi connectivity index (χ2v) is 31.7. The molecule has 0 amide bonds. The number of rotatable bonds is 12. The average molecular weight is 1580 g/mol. The van der Waals surface area contributed by atoms with Crippen molar-refractivity contribution in [3.63, 3.8) is 0 Å². The molecule has 25 aromatic rings. The van der Waals surface area contributed by atoms with Crippen molar-refractivity contribution < 1.29 is 0 Å². The lowest BCUT2D eigenvalue weighted by atomic mass is 9.93. The minimum Gasteiger partial charge on any atom is -0.309 e. The molecule has 12 heteroatoms. The van der Waals surface area contributed by atoms with Gasteiger partial charge in [0, 0.05) is 72.2 Å². The minimum atomic E-state index is 0.408. The maximum atomic E-state index is 5.65. The van der Waals surface area contributed by atoms with Crippen LogP contribution >= 0.6 is 0 Å². The first-order chi connectivity index (χ1) is 61.4. The molecule has 19 aromatic carbocycles. The van der Waals surface area contributed by atoms with Gasteiger partial charge in [0.2, 0.25) is 0 Å². The van der Waals surface area contributed by atoms with E-state index >= 15 is 0 Å². The molecule has 0 spiro atoms. The first-order valence-electron chi connectivity index (χ1n) is 41.7. The van der Waals surface area contributed by atoms with Crippen LogP contribution in [0.25, 0.3) is 255 Å². The fourth-order valence-corrected chi connectivity index (χ4v) is 18.8. The summed E-state index contributed by atoms with van der Waals surface area (Å²) < 4.78 is 4.59. The van der Waals surface area contributed by atoms with Gasteiger partial charge in [0.25, 0.3) is 0 Å². The third-order valence-corrected chi connectivity index (χ3v) is 24.6. The SMILES string of the molecule is c1ccc(-c2nc(-c3ccc(-n4c5ccccc5c5ccccc54)cc3)cc(-c3nc(-c4cc5ccccc5c5ccccc45)nc(-c4cc5cc(-c6ccc7c(c6)c6ccccc6n7-c6cc(-c7nc(-c8cc9ccccc9c9ccccc89)nc(-c8cc9ccccc9c9ccccc89)n7)nc(-c7ccccc7)n6)ccc5c5ccccc45)n3)n2)cc1. The number of aromatic nitrogens is 12. The summed E-state index contributed by atoms with van der Waals surface area (Å²) in [5.41, 5.74) is 15.3. The van der Waals surface area contributed by atoms with Gasteiger partial charge in [-0.15, -0.1) is 0 Å². The van der Waals surface area contributed by atoms with Crippen LogP contribution in [0.15, 0.2) is 400 Å². The predicted octanol–water partition coefficient (Wildman–Crippen LogP) is 27.7. The highest BCUT2D eigenvalue weighted by Gasteiger charge is 2.26. The fourth-order valence-electron chi connectivity index (χ4n) is 18.8. The van der Waals surface area contributed by atoms with E-state index in [0.29, 0.717) is 63.8 Å². The van der Waals surface area contributed by atoms with Crippen molar-refractivity contribution >= 4 is 130 Å². The maximum absolute atomic E-state index is 5.65. The lowest BCUT2D eigenvalue weighted by molar-refractivity contribution is 1.02. The van der Waals surface area contributed by atoms with Crippen LogP contribution in [0.5, 0.6) is 0 Å². The standard InChI is InChI=1S/C112H66N12/c1-3-27-68(28-4-1)105-113-97(67-51-55-76(56-52-67)123-100-48-24-21-45-89(100)90-46-22-25-49-101(90)123)65-98(114-105)111-119-107(93-61-72-31-7-10-34-77(72)81-37-13-17-41-85(81)93)118-110(120-111)96-64-75-59-70(53-57-80(75)84-40-16-20-44-88(84)96)71-54-58-103-92(60-71)91-47-23-26-50-102(91)124(103)104-66-99(115-106(116-104)69-29-5-2-6-30-69)112-121-108(94-62-73-32-8-11-35-78(73)82-38-14-18-42-86(82)94)117-109(122-112)95-63-74-33-9-12-36-79(74)83-39-15-19-43-87(83)95/h1-66H. The molecular formula is C112H66N12. The number of hydrogen-bond acceptors (Lipinski definition) is 10. The van der Waals surface area contributed by atoms with Crippen LogP contribution in [-0.4, -0.2) is 59.0 Å². The first kappa shape index (κ1) is 70.1. The largest absolute Gasteiger partial charge is 0.309 e. The number of benzene rings is 19. The number of nitrogens with zero attached hydrogens (tertiary/aromatic N) is 12. The molecule has 0 unspecified atom stereocenters. The molecule has 0 aliphatic carbocycles. The van der Waals surface area contributed by atoms with Gasteiger partial charge in [0.05, 0.1) is 27.8 Å². The van der Waals surface area contributed by atoms with Crippen LogP contribution in [0, 0.1) is 0 Å². The zero-order valence-electron chi connectivity index (χ0n) is 66.5. The summed E-state index contributed by atoms with van der Waals surface area (Å²) in [4.78, 5) is 55.2. The van der Waals surface area contributed by atoms with Crippen molar-refractivity contribution in [3.8, 4) is 125 Å². The molecule has 12 nitrogen and oxygen atoms in total. The Bertz CT molecular complexity index is 8570. The number of hydrogen-bond donors (Lipinski definition) is 0. The maximum Gasteiger partial charge on any atom is 0.182 e. The van der Waals surface area contributed by atoms with Gasteiger partial charge in [-0.3, -0.25) is 4.57 Å². The van der Waals surface area contributed by atoms with Crippen LogP contribution in [0.4, 0.5) is 0 Å². The van der Waals surface area contributed by atoms with Crippen molar-refractivity contribution in [3.05, 3.63) is 400 Å². The van der Waals surface area contributed by atoms with E-state index in [1.807, 2.05) is 48.5 Å². The Labute approximate surface area is 709 Å². The predicted molar refractivity (Wildman–Crippen MR) is 507 cm³/mol. The average Bonchev–Trinajstić information content (AvgIpc) is 1.20. The lowest BCUT2D eigenvalue weighted by Crippen LogP contribution is -2.06. The first-order valence-corrected chi connectivity index (χ1v) is 41.7. The van der Waals surface area contributed by atoms with E-state index in [-0.39, 0.29) is 0 Å².